The van der Waals surface area contributed by atoms with Crippen LogP contribution in [0.4, 0.5) is 4.79 Å². The third-order valence-electron chi connectivity index (χ3n) is 2.73. The van der Waals surface area contributed by atoms with Crippen LogP contribution in [-0.2, 0) is 11.2 Å². The quantitative estimate of drug-likeness (QED) is 0.519. The number of carbonyl (C=O) groups is 2. The van der Waals surface area contributed by atoms with Crippen molar-refractivity contribution in [2.24, 2.45) is 5.73 Å². The molecular formula is C14H20N4O2S. The van der Waals surface area contributed by atoms with Gasteiger partial charge in [-0.3, -0.25) is 4.79 Å². The maximum absolute atomic E-state index is 11.7. The number of thiocarbonyl (C=S) groups is 1. The molecule has 0 aliphatic heterocycles. The predicted molar refractivity (Wildman–Crippen MR) is 86.1 cm³/mol. The zero-order valence-electron chi connectivity index (χ0n) is 12.2. The van der Waals surface area contributed by atoms with Crippen molar-refractivity contribution in [1.29, 1.82) is 0 Å². The van der Waals surface area contributed by atoms with E-state index in [4.69, 9.17) is 18.0 Å². The lowest BCUT2D eigenvalue weighted by molar-refractivity contribution is -0.120. The molecule has 0 aromatic heterocycles. The van der Waals surface area contributed by atoms with Gasteiger partial charge < -0.3 is 21.3 Å². The Bertz CT molecular complexity index is 514. The monoisotopic (exact) mass is 308 g/mol. The van der Waals surface area contributed by atoms with Crippen LogP contribution in [0.15, 0.2) is 24.3 Å². The summed E-state index contributed by atoms with van der Waals surface area (Å²) in [7, 11) is 3.31. The van der Waals surface area contributed by atoms with E-state index in [0.717, 1.165) is 11.1 Å². The third kappa shape index (κ3) is 6.22. The maximum atomic E-state index is 11.7. The van der Waals surface area contributed by atoms with Gasteiger partial charge >= 0.3 is 6.03 Å². The SMILES string of the molecule is CN(C)C(=O)NCCNC(=O)Cc1ccc(C(N)=S)cc1. The summed E-state index contributed by atoms with van der Waals surface area (Å²) in [6.45, 7) is 0.784. The van der Waals surface area contributed by atoms with Crippen molar-refractivity contribution in [2.75, 3.05) is 27.2 Å². The van der Waals surface area contributed by atoms with Crippen LogP contribution < -0.4 is 16.4 Å². The average Bonchev–Trinajstić information content (AvgIpc) is 2.43. The Balaban J connectivity index is 2.30. The largest absolute Gasteiger partial charge is 0.389 e. The summed E-state index contributed by atoms with van der Waals surface area (Å²) in [5.74, 6) is -0.0998. The number of carbonyl (C=O) groups excluding carboxylic acids is 2. The van der Waals surface area contributed by atoms with Crippen LogP contribution in [0.2, 0.25) is 0 Å². The molecule has 0 aliphatic carbocycles. The highest BCUT2D eigenvalue weighted by Gasteiger charge is 2.05. The minimum Gasteiger partial charge on any atom is -0.389 e. The normalized spacial score (nSPS) is 9.81. The van der Waals surface area contributed by atoms with E-state index in [1.165, 1.54) is 4.90 Å². The number of nitrogens with zero attached hydrogens (tertiary/aromatic N) is 1. The summed E-state index contributed by atoms with van der Waals surface area (Å²) in [5, 5.41) is 5.41. The molecule has 0 spiro atoms. The molecule has 0 saturated heterocycles. The van der Waals surface area contributed by atoms with Gasteiger partial charge in [0.05, 0.1) is 6.42 Å². The minimum atomic E-state index is -0.183. The van der Waals surface area contributed by atoms with E-state index in [-0.39, 0.29) is 18.4 Å². The number of hydrogen-bond donors (Lipinski definition) is 3. The Hall–Kier alpha value is -2.15. The third-order valence-corrected chi connectivity index (χ3v) is 2.97. The van der Waals surface area contributed by atoms with Gasteiger partial charge in [0.15, 0.2) is 0 Å². The number of amides is 3. The molecule has 1 rings (SSSR count). The molecule has 0 aliphatic rings. The summed E-state index contributed by atoms with van der Waals surface area (Å²) in [6.07, 6.45) is 0.277. The molecular weight excluding hydrogens is 288 g/mol. The molecule has 0 heterocycles. The Morgan fingerprint density at radius 3 is 2.24 bits per heavy atom. The average molecular weight is 308 g/mol. The number of nitrogens with two attached hydrogens (primary N) is 1. The van der Waals surface area contributed by atoms with Crippen molar-refractivity contribution in [3.63, 3.8) is 0 Å². The van der Waals surface area contributed by atoms with Crippen LogP contribution in [-0.4, -0.2) is 49.0 Å². The molecule has 6 nitrogen and oxygen atoms in total. The number of hydrogen-bond acceptors (Lipinski definition) is 3. The molecule has 1 aromatic rings. The molecule has 3 amide bonds. The smallest absolute Gasteiger partial charge is 0.316 e. The van der Waals surface area contributed by atoms with Crippen molar-refractivity contribution in [3.05, 3.63) is 35.4 Å². The summed E-state index contributed by atoms with van der Waals surface area (Å²) >= 11 is 4.86. The maximum Gasteiger partial charge on any atom is 0.316 e. The fourth-order valence-electron chi connectivity index (χ4n) is 1.56. The molecule has 0 saturated carbocycles. The molecule has 0 unspecified atom stereocenters. The van der Waals surface area contributed by atoms with E-state index in [9.17, 15) is 9.59 Å². The number of rotatable bonds is 6. The summed E-state index contributed by atoms with van der Waals surface area (Å²) < 4.78 is 0. The van der Waals surface area contributed by atoms with Crippen molar-refractivity contribution in [1.82, 2.24) is 15.5 Å². The predicted octanol–water partition coefficient (Wildman–Crippen LogP) is 0.251. The van der Waals surface area contributed by atoms with Crippen LogP contribution >= 0.6 is 12.2 Å². The van der Waals surface area contributed by atoms with Gasteiger partial charge in [-0.25, -0.2) is 4.79 Å². The first-order valence-corrected chi connectivity index (χ1v) is 6.91. The van der Waals surface area contributed by atoms with Crippen LogP contribution in [0.3, 0.4) is 0 Å². The Kier molecular flexibility index (Phi) is 6.61. The molecule has 4 N–H and O–H groups in total. The minimum absolute atomic E-state index is 0.0998. The lowest BCUT2D eigenvalue weighted by atomic mass is 10.1. The van der Waals surface area contributed by atoms with Crippen LogP contribution in [0.1, 0.15) is 11.1 Å². The van der Waals surface area contributed by atoms with Gasteiger partial charge in [0.2, 0.25) is 5.91 Å². The zero-order valence-corrected chi connectivity index (χ0v) is 13.0. The number of nitrogens with one attached hydrogen (secondary N) is 2. The van der Waals surface area contributed by atoms with Crippen LogP contribution in [0, 0.1) is 0 Å². The van der Waals surface area contributed by atoms with Crippen molar-refractivity contribution in [3.8, 4) is 0 Å². The van der Waals surface area contributed by atoms with Gasteiger partial charge in [-0.15, -0.1) is 0 Å². The first-order chi connectivity index (χ1) is 9.90. The lowest BCUT2D eigenvalue weighted by Gasteiger charge is -2.12. The van der Waals surface area contributed by atoms with Crippen LogP contribution in [0.5, 0.6) is 0 Å². The Labute approximate surface area is 129 Å². The highest BCUT2D eigenvalue weighted by atomic mass is 32.1. The van der Waals surface area contributed by atoms with Crippen molar-refractivity contribution >= 4 is 29.1 Å². The zero-order chi connectivity index (χ0) is 15.8. The fraction of sp³-hybridized carbons (Fsp3) is 0.357. The first-order valence-electron chi connectivity index (χ1n) is 6.50. The summed E-state index contributed by atoms with van der Waals surface area (Å²) in [4.78, 5) is 24.7. The Morgan fingerprint density at radius 1 is 1.14 bits per heavy atom. The van der Waals surface area contributed by atoms with Gasteiger partial charge in [0.1, 0.15) is 4.99 Å². The molecule has 114 valence electrons. The second kappa shape index (κ2) is 8.21. The Morgan fingerprint density at radius 2 is 1.71 bits per heavy atom. The molecule has 0 bridgehead atoms. The van der Waals surface area contributed by atoms with E-state index < -0.39 is 0 Å². The van der Waals surface area contributed by atoms with Crippen molar-refractivity contribution in [2.45, 2.75) is 6.42 Å². The number of benzene rings is 1. The van der Waals surface area contributed by atoms with Crippen molar-refractivity contribution < 1.29 is 9.59 Å². The molecule has 1 aromatic carbocycles. The van der Waals surface area contributed by atoms with E-state index in [1.54, 1.807) is 26.2 Å². The highest BCUT2D eigenvalue weighted by Crippen LogP contribution is 2.05. The molecule has 7 heteroatoms. The van der Waals surface area contributed by atoms with Gasteiger partial charge in [0, 0.05) is 32.7 Å². The molecule has 0 atom stereocenters. The van der Waals surface area contributed by atoms with Gasteiger partial charge in [-0.1, -0.05) is 36.5 Å². The van der Waals surface area contributed by atoms with Crippen LogP contribution in [0.25, 0.3) is 0 Å². The van der Waals surface area contributed by atoms with E-state index in [0.29, 0.717) is 18.1 Å². The second-order valence-electron chi connectivity index (χ2n) is 4.71. The molecule has 0 radical (unpaired) electrons. The lowest BCUT2D eigenvalue weighted by Crippen LogP contribution is -2.39. The number of urea groups is 1. The van der Waals surface area contributed by atoms with Gasteiger partial charge in [0.25, 0.3) is 0 Å². The van der Waals surface area contributed by atoms with E-state index >= 15 is 0 Å². The van der Waals surface area contributed by atoms with E-state index in [2.05, 4.69) is 10.6 Å². The second-order valence-corrected chi connectivity index (χ2v) is 5.15. The first kappa shape index (κ1) is 16.9. The summed E-state index contributed by atoms with van der Waals surface area (Å²) in [6, 6.07) is 7.05. The standard InChI is InChI=1S/C14H20N4O2S/c1-18(2)14(20)17-8-7-16-12(19)9-10-3-5-11(6-4-10)13(15)21/h3-6H,7-9H2,1-2H3,(H2,15,21)(H,16,19)(H,17,20). The summed E-state index contributed by atoms with van der Waals surface area (Å²) in [5.41, 5.74) is 7.16. The molecule has 21 heavy (non-hydrogen) atoms. The highest BCUT2D eigenvalue weighted by molar-refractivity contribution is 7.80. The molecule has 0 fully saturated rings. The van der Waals surface area contributed by atoms with Gasteiger partial charge in [-0.05, 0) is 5.56 Å². The van der Waals surface area contributed by atoms with E-state index in [1.807, 2.05) is 12.1 Å². The van der Waals surface area contributed by atoms with Gasteiger partial charge in [-0.2, -0.15) is 0 Å². The fourth-order valence-corrected chi connectivity index (χ4v) is 1.70. The topological polar surface area (TPSA) is 87.5 Å².